The van der Waals surface area contributed by atoms with Gasteiger partial charge in [0.25, 0.3) is 0 Å². The van der Waals surface area contributed by atoms with E-state index in [0.29, 0.717) is 32.5 Å². The number of aliphatic carboxylic acids is 1. The summed E-state index contributed by atoms with van der Waals surface area (Å²) in [5, 5.41) is 13.6. The van der Waals surface area contributed by atoms with E-state index in [9.17, 15) is 14.7 Å². The van der Waals surface area contributed by atoms with Crippen LogP contribution in [0.4, 0.5) is 4.79 Å². The highest BCUT2D eigenvalue weighted by molar-refractivity contribution is 7.99. The zero-order valence-corrected chi connectivity index (χ0v) is 14.3. The molecule has 1 aromatic heterocycles. The number of nitrogens with one attached hydrogen (secondary N) is 1. The van der Waals surface area contributed by atoms with Crippen LogP contribution in [0.15, 0.2) is 11.4 Å². The fourth-order valence-corrected chi connectivity index (χ4v) is 5.25. The molecule has 2 aliphatic heterocycles. The molecule has 4 rings (SSSR count). The van der Waals surface area contributed by atoms with Crippen molar-refractivity contribution in [1.29, 1.82) is 0 Å². The number of amides is 2. The minimum absolute atomic E-state index is 0.105. The van der Waals surface area contributed by atoms with Crippen LogP contribution in [0.1, 0.15) is 25.0 Å². The summed E-state index contributed by atoms with van der Waals surface area (Å²) in [7, 11) is 0. The summed E-state index contributed by atoms with van der Waals surface area (Å²) in [5.41, 5.74) is 0.289. The molecule has 0 radical (unpaired) electrons. The van der Waals surface area contributed by atoms with Gasteiger partial charge in [-0.3, -0.25) is 4.79 Å². The first-order chi connectivity index (χ1) is 11.6. The van der Waals surface area contributed by atoms with Gasteiger partial charge in [0.15, 0.2) is 5.16 Å². The Labute approximate surface area is 144 Å². The quantitative estimate of drug-likeness (QED) is 0.858. The molecule has 130 valence electrons. The number of hydrogen-bond donors (Lipinski definition) is 2. The second-order valence-electron chi connectivity index (χ2n) is 6.97. The number of carbonyl (C=O) groups is 2. The van der Waals surface area contributed by atoms with Gasteiger partial charge < -0.3 is 19.9 Å². The number of urea groups is 1. The fourth-order valence-electron chi connectivity index (χ4n) is 4.29. The summed E-state index contributed by atoms with van der Waals surface area (Å²) in [6.45, 7) is 2.44. The third kappa shape index (κ3) is 2.56. The Morgan fingerprint density at radius 1 is 1.50 bits per heavy atom. The van der Waals surface area contributed by atoms with Crippen LogP contribution < -0.4 is 5.32 Å². The van der Waals surface area contributed by atoms with Gasteiger partial charge in [-0.1, -0.05) is 18.2 Å². The van der Waals surface area contributed by atoms with Gasteiger partial charge in [-0.25, -0.2) is 9.78 Å². The third-order valence-corrected chi connectivity index (χ3v) is 6.57. The first kappa shape index (κ1) is 15.8. The normalized spacial score (nSPS) is 28.0. The SMILES string of the molecule is O=C(NCCc1cn2c(n1)SCC2)N1C[C@@H]2CCC[C@@]2(C(=O)O)C1. The van der Waals surface area contributed by atoms with Crippen LogP contribution >= 0.6 is 11.8 Å². The van der Waals surface area contributed by atoms with Gasteiger partial charge in [0.1, 0.15) is 0 Å². The smallest absolute Gasteiger partial charge is 0.317 e. The lowest BCUT2D eigenvalue weighted by atomic mass is 9.81. The number of carboxylic acid groups (broad SMARTS) is 1. The van der Waals surface area contributed by atoms with Crippen LogP contribution in [0.25, 0.3) is 0 Å². The highest BCUT2D eigenvalue weighted by Crippen LogP contribution is 2.48. The molecule has 3 aliphatic rings. The maximum Gasteiger partial charge on any atom is 0.317 e. The molecule has 1 aliphatic carbocycles. The number of hydrogen-bond acceptors (Lipinski definition) is 4. The van der Waals surface area contributed by atoms with Gasteiger partial charge in [0.05, 0.1) is 11.1 Å². The van der Waals surface area contributed by atoms with Gasteiger partial charge in [0.2, 0.25) is 0 Å². The Kier molecular flexibility index (Phi) is 3.94. The van der Waals surface area contributed by atoms with E-state index in [2.05, 4.69) is 21.1 Å². The van der Waals surface area contributed by atoms with Crippen LogP contribution in [0.2, 0.25) is 0 Å². The fraction of sp³-hybridized carbons (Fsp3) is 0.688. The number of thioether (sulfide) groups is 1. The zero-order valence-electron chi connectivity index (χ0n) is 13.5. The molecule has 2 amide bonds. The van der Waals surface area contributed by atoms with Crippen LogP contribution in [-0.2, 0) is 17.8 Å². The van der Waals surface area contributed by atoms with E-state index in [4.69, 9.17) is 0 Å². The van der Waals surface area contributed by atoms with Gasteiger partial charge in [-0.05, 0) is 18.8 Å². The molecule has 1 saturated heterocycles. The molecule has 0 bridgehead atoms. The van der Waals surface area contributed by atoms with Crippen LogP contribution in [0.3, 0.4) is 0 Å². The van der Waals surface area contributed by atoms with Crippen LogP contribution in [0.5, 0.6) is 0 Å². The van der Waals surface area contributed by atoms with Gasteiger partial charge in [-0.15, -0.1) is 0 Å². The highest BCUT2D eigenvalue weighted by atomic mass is 32.2. The van der Waals surface area contributed by atoms with Crippen LogP contribution in [0, 0.1) is 11.3 Å². The lowest BCUT2D eigenvalue weighted by Gasteiger charge is -2.23. The van der Waals surface area contributed by atoms with Crippen molar-refractivity contribution in [3.8, 4) is 0 Å². The minimum Gasteiger partial charge on any atom is -0.481 e. The Morgan fingerprint density at radius 3 is 3.12 bits per heavy atom. The van der Waals surface area contributed by atoms with Crippen molar-refractivity contribution in [2.75, 3.05) is 25.4 Å². The largest absolute Gasteiger partial charge is 0.481 e. The predicted molar refractivity (Wildman–Crippen MR) is 89.0 cm³/mol. The van der Waals surface area contributed by atoms with Gasteiger partial charge in [0, 0.05) is 44.5 Å². The van der Waals surface area contributed by atoms with E-state index in [1.54, 1.807) is 16.7 Å². The molecular formula is C16H22N4O3S. The second-order valence-corrected chi connectivity index (χ2v) is 8.03. The molecular weight excluding hydrogens is 328 g/mol. The Balaban J connectivity index is 1.30. The summed E-state index contributed by atoms with van der Waals surface area (Å²) in [4.78, 5) is 30.3. The Morgan fingerprint density at radius 2 is 2.38 bits per heavy atom. The monoisotopic (exact) mass is 350 g/mol. The molecule has 1 saturated carbocycles. The standard InChI is InChI=1S/C16H22N4O3S/c21-13(22)16-4-1-2-11(16)8-20(10-16)14(23)17-5-3-12-9-19-6-7-24-15(19)18-12/h9,11H,1-8,10H2,(H,17,23)(H,21,22)/t11-,16+/m0/s1. The average Bonchev–Trinajstić information content (AvgIpc) is 3.24. The number of carboxylic acids is 1. The van der Waals surface area contributed by atoms with Crippen LogP contribution in [-0.4, -0.2) is 56.9 Å². The van der Waals surface area contributed by atoms with Crippen molar-refractivity contribution in [1.82, 2.24) is 19.8 Å². The molecule has 3 heterocycles. The van der Waals surface area contributed by atoms with Gasteiger partial charge in [-0.2, -0.15) is 0 Å². The van der Waals surface area contributed by atoms with E-state index >= 15 is 0 Å². The van der Waals surface area contributed by atoms with E-state index in [1.807, 2.05) is 0 Å². The summed E-state index contributed by atoms with van der Waals surface area (Å²) >= 11 is 1.76. The Hall–Kier alpha value is -1.70. The molecule has 0 aromatic carbocycles. The Bertz CT molecular complexity index is 655. The molecule has 1 aromatic rings. The number of fused-ring (bicyclic) bond motifs is 2. The number of carbonyl (C=O) groups excluding carboxylic acids is 1. The lowest BCUT2D eigenvalue weighted by Crippen LogP contribution is -2.42. The van der Waals surface area contributed by atoms with E-state index in [0.717, 1.165) is 36.0 Å². The highest BCUT2D eigenvalue weighted by Gasteiger charge is 2.55. The first-order valence-corrected chi connectivity index (χ1v) is 9.52. The van der Waals surface area contributed by atoms with Crippen molar-refractivity contribution in [3.63, 3.8) is 0 Å². The van der Waals surface area contributed by atoms with Crippen molar-refractivity contribution in [2.45, 2.75) is 37.4 Å². The van der Waals surface area contributed by atoms with Crippen molar-refractivity contribution < 1.29 is 14.7 Å². The molecule has 24 heavy (non-hydrogen) atoms. The maximum absolute atomic E-state index is 12.4. The van der Waals surface area contributed by atoms with Crippen molar-refractivity contribution in [3.05, 3.63) is 11.9 Å². The molecule has 8 heteroatoms. The molecule has 2 atom stereocenters. The molecule has 2 N–H and O–H groups in total. The zero-order chi connectivity index (χ0) is 16.7. The summed E-state index contributed by atoms with van der Waals surface area (Å²) < 4.78 is 2.15. The van der Waals surface area contributed by atoms with E-state index in [-0.39, 0.29) is 11.9 Å². The topological polar surface area (TPSA) is 87.5 Å². The number of imidazole rings is 1. The minimum atomic E-state index is -0.745. The average molecular weight is 350 g/mol. The first-order valence-electron chi connectivity index (χ1n) is 8.53. The third-order valence-electron chi connectivity index (χ3n) is 5.59. The molecule has 0 spiro atoms. The number of likely N-dealkylation sites (tertiary alicyclic amines) is 1. The maximum atomic E-state index is 12.4. The number of rotatable bonds is 4. The summed E-state index contributed by atoms with van der Waals surface area (Å²) in [6, 6.07) is -0.147. The van der Waals surface area contributed by atoms with Gasteiger partial charge >= 0.3 is 12.0 Å². The number of nitrogens with zero attached hydrogens (tertiary/aromatic N) is 3. The second kappa shape index (κ2) is 5.98. The molecule has 0 unspecified atom stereocenters. The van der Waals surface area contributed by atoms with Crippen molar-refractivity contribution in [2.24, 2.45) is 11.3 Å². The number of aryl methyl sites for hydroxylation is 1. The predicted octanol–water partition coefficient (Wildman–Crippen LogP) is 1.43. The summed E-state index contributed by atoms with van der Waals surface area (Å²) in [5.74, 6) is 0.445. The van der Waals surface area contributed by atoms with E-state index < -0.39 is 11.4 Å². The molecule has 7 nitrogen and oxygen atoms in total. The van der Waals surface area contributed by atoms with Crippen molar-refractivity contribution >= 4 is 23.8 Å². The summed E-state index contributed by atoms with van der Waals surface area (Å²) in [6.07, 6.45) is 5.31. The lowest BCUT2D eigenvalue weighted by molar-refractivity contribution is -0.149. The molecule has 2 fully saturated rings. The van der Waals surface area contributed by atoms with E-state index in [1.165, 1.54) is 0 Å². The number of aromatic nitrogens is 2.